The van der Waals surface area contributed by atoms with E-state index in [1.54, 1.807) is 31.4 Å². The third-order valence-corrected chi connectivity index (χ3v) is 2.05. The average Bonchev–Trinajstić information content (AvgIpc) is 2.38. The summed E-state index contributed by atoms with van der Waals surface area (Å²) in [7, 11) is 1.56. The van der Waals surface area contributed by atoms with Gasteiger partial charge in [0.1, 0.15) is 5.75 Å². The number of hydrogen-bond acceptors (Lipinski definition) is 4. The summed E-state index contributed by atoms with van der Waals surface area (Å²) < 4.78 is 5.00. The molecule has 0 spiro atoms. The predicted octanol–water partition coefficient (Wildman–Crippen LogP) is -0.348. The van der Waals surface area contributed by atoms with Gasteiger partial charge in [-0.05, 0) is 17.7 Å². The first-order chi connectivity index (χ1) is 8.21. The van der Waals surface area contributed by atoms with Crippen LogP contribution in [0.4, 0.5) is 4.79 Å². The Hall–Kier alpha value is -3.28. The molecule has 0 atom stereocenters. The van der Waals surface area contributed by atoms with Gasteiger partial charge in [0.25, 0.3) is 0 Å². The van der Waals surface area contributed by atoms with E-state index in [-0.39, 0.29) is 6.54 Å². The maximum Gasteiger partial charge on any atom is 0.348 e. The SMILES string of the molecule is COc1ccc(CN(N[C-]=O)C(=O)NN)cc1.[Fm]. The standard InChI is InChI=1S/C10H13N4O3.Fm/c1-17-9-4-2-8(3-5-9)6-14(12-7-15)10(16)13-11;/h2-5H,6,11H2,1H3,(H,12,15)(H,13,16);/q-1;. The fraction of sp³-hybridized carbons (Fsp3) is 0.200. The zero-order valence-electron chi connectivity index (χ0n) is 9.55. The molecule has 0 unspecified atom stereocenters. The molecule has 0 fully saturated rings. The number of amides is 3. The minimum atomic E-state index is -0.635. The predicted molar refractivity (Wildman–Crippen MR) is 60.1 cm³/mol. The molecule has 0 aromatic heterocycles. The molecule has 0 bridgehead atoms. The van der Waals surface area contributed by atoms with E-state index in [0.29, 0.717) is 5.75 Å². The van der Waals surface area contributed by atoms with Gasteiger partial charge in [-0.3, -0.25) is 10.4 Å². The molecule has 0 radical (unpaired) electrons. The number of benzene rings is 1. The van der Waals surface area contributed by atoms with E-state index in [9.17, 15) is 9.59 Å². The first kappa shape index (κ1) is 14.7. The number of carbonyl (C=O) groups excluding carboxylic acids is 2. The number of nitrogens with one attached hydrogen (secondary N) is 2. The van der Waals surface area contributed by atoms with E-state index in [1.165, 1.54) is 6.41 Å². The second-order valence-electron chi connectivity index (χ2n) is 3.10. The summed E-state index contributed by atoms with van der Waals surface area (Å²) >= 11 is 0. The quantitative estimate of drug-likeness (QED) is 0.172. The third-order valence-electron chi connectivity index (χ3n) is 2.05. The van der Waals surface area contributed by atoms with Gasteiger partial charge in [-0.15, -0.1) is 6.41 Å². The Morgan fingerprint density at radius 3 is 2.50 bits per heavy atom. The Labute approximate surface area is 98.5 Å². The molecule has 1 aromatic carbocycles. The van der Waals surface area contributed by atoms with Crippen LogP contribution in [-0.2, 0) is 11.3 Å². The van der Waals surface area contributed by atoms with Crippen LogP contribution in [0.1, 0.15) is 5.56 Å². The third kappa shape index (κ3) is 3.70. The van der Waals surface area contributed by atoms with Gasteiger partial charge in [0, 0.05) is 0 Å². The summed E-state index contributed by atoms with van der Waals surface area (Å²) in [6, 6.07) is 6.39. The van der Waals surface area contributed by atoms with Crippen molar-refractivity contribution < 1.29 is 14.3 Å². The van der Waals surface area contributed by atoms with Gasteiger partial charge in [-0.2, -0.15) is 0 Å². The van der Waals surface area contributed by atoms with Gasteiger partial charge >= 0.3 is 6.03 Å². The van der Waals surface area contributed by atoms with Crippen LogP contribution in [0.15, 0.2) is 24.3 Å². The first-order valence-electron chi connectivity index (χ1n) is 4.75. The number of carbonyl (C=O) groups is 1. The molecular weight excluding hydrogens is 481 g/mol. The monoisotopic (exact) mass is 494 g/mol. The van der Waals surface area contributed by atoms with E-state index in [0.717, 1.165) is 10.6 Å². The summed E-state index contributed by atoms with van der Waals surface area (Å²) in [5.74, 6) is 5.68. The summed E-state index contributed by atoms with van der Waals surface area (Å²) in [5.41, 5.74) is 4.83. The van der Waals surface area contributed by atoms with Crippen LogP contribution in [0, 0.1) is 0 Å². The largest absolute Gasteiger partial charge is 0.518 e. The summed E-state index contributed by atoms with van der Waals surface area (Å²) in [6.45, 7) is 0.169. The normalized spacial score (nSPS) is 8.78. The zero-order valence-corrected chi connectivity index (χ0v) is 12.0. The number of nitrogens with two attached hydrogens (primary N) is 1. The Bertz CT molecular complexity index is 385. The fourth-order valence-electron chi connectivity index (χ4n) is 1.21. The van der Waals surface area contributed by atoms with E-state index in [2.05, 4.69) is 5.43 Å². The summed E-state index contributed by atoms with van der Waals surface area (Å²) in [6.07, 6.45) is 1.41. The smallest absolute Gasteiger partial charge is 0.348 e. The van der Waals surface area contributed by atoms with Crippen LogP contribution >= 0.6 is 0 Å². The molecule has 1 aromatic rings. The number of hydrazine groups is 2. The van der Waals surface area contributed by atoms with Gasteiger partial charge in [0.05, 0.1) is 13.7 Å². The summed E-state index contributed by atoms with van der Waals surface area (Å²) in [5, 5.41) is 0.995. The Balaban J connectivity index is 0.00000289. The number of ether oxygens (including phenoxy) is 1. The second kappa shape index (κ2) is 7.07. The van der Waals surface area contributed by atoms with Crippen molar-refractivity contribution in [3.05, 3.63) is 29.8 Å². The second-order valence-corrected chi connectivity index (χ2v) is 3.10. The van der Waals surface area contributed by atoms with Crippen LogP contribution in [0.5, 0.6) is 5.75 Å². The maximum absolute atomic E-state index is 11.3. The van der Waals surface area contributed by atoms with Gasteiger partial charge in [0.2, 0.25) is 0 Å². The van der Waals surface area contributed by atoms with Gasteiger partial charge in [-0.1, -0.05) is 12.1 Å². The molecule has 104 valence electrons. The molecule has 8 heteroatoms. The molecule has 0 aliphatic carbocycles. The van der Waals surface area contributed by atoms with E-state index in [1.807, 2.05) is 5.43 Å². The molecule has 0 heterocycles. The average molecular weight is 494 g/mol. The minimum absolute atomic E-state index is 0. The van der Waals surface area contributed by atoms with E-state index in [4.69, 9.17) is 10.6 Å². The van der Waals surface area contributed by atoms with Crippen molar-refractivity contribution in [1.82, 2.24) is 15.9 Å². The number of rotatable bonds is 5. The van der Waals surface area contributed by atoms with Crippen molar-refractivity contribution in [2.24, 2.45) is 5.84 Å². The van der Waals surface area contributed by atoms with Crippen molar-refractivity contribution in [3.63, 3.8) is 0 Å². The number of nitrogens with zero attached hydrogens (tertiary/aromatic N) is 1. The molecule has 3 amide bonds. The fourth-order valence-corrected chi connectivity index (χ4v) is 1.21. The molecule has 0 aliphatic heterocycles. The molecule has 18 heavy (non-hydrogen) atoms. The molecule has 4 N–H and O–H groups in total. The maximum atomic E-state index is 11.3. The number of methoxy groups -OCH3 is 1. The molecular formula is C10H13FmN4O3-. The van der Waals surface area contributed by atoms with Crippen LogP contribution in [0.25, 0.3) is 0 Å². The Morgan fingerprint density at radius 1 is 1.44 bits per heavy atom. The van der Waals surface area contributed by atoms with Crippen molar-refractivity contribution in [2.45, 2.75) is 6.54 Å². The van der Waals surface area contributed by atoms with Gasteiger partial charge in [-0.25, -0.2) is 10.6 Å². The first-order valence-corrected chi connectivity index (χ1v) is 4.75. The molecule has 7 nitrogen and oxygen atoms in total. The van der Waals surface area contributed by atoms with Crippen LogP contribution < -0.4 is 21.4 Å². The van der Waals surface area contributed by atoms with E-state index >= 15 is 0 Å². The molecule has 0 aliphatic rings. The number of hydrogen-bond donors (Lipinski definition) is 3. The number of urea groups is 1. The van der Waals surface area contributed by atoms with Crippen LogP contribution in [-0.4, -0.2) is 24.6 Å². The van der Waals surface area contributed by atoms with E-state index < -0.39 is 6.03 Å². The molecule has 0 saturated carbocycles. The molecule has 0 saturated heterocycles. The Kier molecular flexibility index (Phi) is 5.78. The van der Waals surface area contributed by atoms with Crippen LogP contribution in [0.3, 0.4) is 0 Å². The van der Waals surface area contributed by atoms with Crippen LogP contribution in [0.2, 0.25) is 0 Å². The molecule has 1 rings (SSSR count). The summed E-state index contributed by atoms with van der Waals surface area (Å²) in [4.78, 5) is 21.5. The topological polar surface area (TPSA) is 96.7 Å². The van der Waals surface area contributed by atoms with Crippen molar-refractivity contribution in [3.8, 4) is 5.75 Å². The van der Waals surface area contributed by atoms with Crippen molar-refractivity contribution in [2.75, 3.05) is 7.11 Å². The Morgan fingerprint density at radius 2 is 2.06 bits per heavy atom. The van der Waals surface area contributed by atoms with Gasteiger partial charge in [0.15, 0.2) is 0 Å². The van der Waals surface area contributed by atoms with Gasteiger partial charge < -0.3 is 15.0 Å². The minimum Gasteiger partial charge on any atom is -0.518 e. The van der Waals surface area contributed by atoms with Crippen molar-refractivity contribution in [1.29, 1.82) is 0 Å². The zero-order chi connectivity index (χ0) is 12.7. The van der Waals surface area contributed by atoms with Crippen molar-refractivity contribution >= 4 is 12.4 Å².